The van der Waals surface area contributed by atoms with Gasteiger partial charge in [0, 0.05) is 50.4 Å². The highest BCUT2D eigenvalue weighted by atomic mass is 16.2. The minimum atomic E-state index is -0.562. The molecule has 2 saturated heterocycles. The van der Waals surface area contributed by atoms with Crippen LogP contribution in [0.2, 0.25) is 0 Å². The summed E-state index contributed by atoms with van der Waals surface area (Å²) in [6, 6.07) is 5.41. The fourth-order valence-electron chi connectivity index (χ4n) is 4.47. The van der Waals surface area contributed by atoms with Crippen LogP contribution in [0.4, 0.5) is 5.69 Å². The maximum Gasteiger partial charge on any atom is 0.255 e. The highest BCUT2D eigenvalue weighted by molar-refractivity contribution is 6.05. The normalized spacial score (nSPS) is 22.8. The van der Waals surface area contributed by atoms with E-state index < -0.39 is 6.04 Å². The smallest absolute Gasteiger partial charge is 0.255 e. The molecule has 0 bridgehead atoms. The van der Waals surface area contributed by atoms with E-state index in [1.54, 1.807) is 4.90 Å². The number of nitrogens with two attached hydrogens (primary N) is 1. The molecule has 8 heteroatoms. The van der Waals surface area contributed by atoms with Crippen LogP contribution in [-0.4, -0.2) is 72.8 Å². The SMILES string of the molecule is NCCCCN1CCN(c2ccc3c(c2)CN(C2CCC(=O)NC2=O)C3=O)CC1. The van der Waals surface area contributed by atoms with Gasteiger partial charge in [-0.3, -0.25) is 24.6 Å². The zero-order valence-electron chi connectivity index (χ0n) is 16.7. The molecule has 1 aromatic rings. The van der Waals surface area contributed by atoms with Crippen molar-refractivity contribution >= 4 is 23.4 Å². The summed E-state index contributed by atoms with van der Waals surface area (Å²) in [5.74, 6) is -0.751. The van der Waals surface area contributed by atoms with Crippen LogP contribution in [0.15, 0.2) is 18.2 Å². The molecule has 156 valence electrons. The lowest BCUT2D eigenvalue weighted by Gasteiger charge is -2.36. The fraction of sp³-hybridized carbons (Fsp3) is 0.571. The number of rotatable bonds is 6. The number of carbonyl (C=O) groups is 3. The van der Waals surface area contributed by atoms with Crippen LogP contribution in [0.1, 0.15) is 41.6 Å². The highest BCUT2D eigenvalue weighted by Crippen LogP contribution is 2.30. The molecule has 29 heavy (non-hydrogen) atoms. The van der Waals surface area contributed by atoms with Crippen LogP contribution in [-0.2, 0) is 16.1 Å². The lowest BCUT2D eigenvalue weighted by atomic mass is 10.0. The molecule has 2 fully saturated rings. The molecular weight excluding hydrogens is 370 g/mol. The number of imide groups is 1. The quantitative estimate of drug-likeness (QED) is 0.528. The van der Waals surface area contributed by atoms with E-state index in [4.69, 9.17) is 5.73 Å². The molecule has 0 spiro atoms. The van der Waals surface area contributed by atoms with E-state index in [0.29, 0.717) is 18.5 Å². The van der Waals surface area contributed by atoms with Gasteiger partial charge in [0.1, 0.15) is 6.04 Å². The Hall–Kier alpha value is -2.45. The summed E-state index contributed by atoms with van der Waals surface area (Å²) >= 11 is 0. The Balaban J connectivity index is 1.39. The van der Waals surface area contributed by atoms with Crippen LogP contribution in [0.5, 0.6) is 0 Å². The van der Waals surface area contributed by atoms with Crippen molar-refractivity contribution in [1.29, 1.82) is 0 Å². The Morgan fingerprint density at radius 2 is 1.86 bits per heavy atom. The van der Waals surface area contributed by atoms with Gasteiger partial charge in [-0.2, -0.15) is 0 Å². The summed E-state index contributed by atoms with van der Waals surface area (Å²) in [7, 11) is 0. The molecule has 3 heterocycles. The molecule has 4 rings (SSSR count). The second kappa shape index (κ2) is 8.51. The summed E-state index contributed by atoms with van der Waals surface area (Å²) < 4.78 is 0. The molecular formula is C21H29N5O3. The summed E-state index contributed by atoms with van der Waals surface area (Å²) in [6.07, 6.45) is 2.89. The fourth-order valence-corrected chi connectivity index (χ4v) is 4.47. The molecule has 3 amide bonds. The van der Waals surface area contributed by atoms with Gasteiger partial charge in [0.2, 0.25) is 11.8 Å². The maximum atomic E-state index is 12.8. The van der Waals surface area contributed by atoms with E-state index >= 15 is 0 Å². The number of unbranched alkanes of at least 4 members (excludes halogenated alkanes) is 1. The van der Waals surface area contributed by atoms with Gasteiger partial charge in [0.25, 0.3) is 5.91 Å². The first-order valence-corrected chi connectivity index (χ1v) is 10.5. The van der Waals surface area contributed by atoms with Gasteiger partial charge in [0.05, 0.1) is 0 Å². The number of piperazine rings is 1. The van der Waals surface area contributed by atoms with Gasteiger partial charge >= 0.3 is 0 Å². The average Bonchev–Trinajstić information content (AvgIpc) is 3.04. The summed E-state index contributed by atoms with van der Waals surface area (Å²) in [6.45, 7) is 6.27. The Kier molecular flexibility index (Phi) is 5.82. The van der Waals surface area contributed by atoms with Crippen LogP contribution >= 0.6 is 0 Å². The van der Waals surface area contributed by atoms with Crippen molar-refractivity contribution in [3.8, 4) is 0 Å². The van der Waals surface area contributed by atoms with Crippen LogP contribution in [0.3, 0.4) is 0 Å². The number of nitrogens with one attached hydrogen (secondary N) is 1. The van der Waals surface area contributed by atoms with E-state index in [1.165, 1.54) is 0 Å². The number of carbonyl (C=O) groups excluding carboxylic acids is 3. The Labute approximate surface area is 171 Å². The van der Waals surface area contributed by atoms with E-state index in [9.17, 15) is 14.4 Å². The number of amides is 3. The van der Waals surface area contributed by atoms with Crippen molar-refractivity contribution in [3.63, 3.8) is 0 Å². The van der Waals surface area contributed by atoms with Crippen LogP contribution in [0.25, 0.3) is 0 Å². The standard InChI is InChI=1S/C21H29N5O3/c22-7-1-2-8-24-9-11-25(12-10-24)16-3-4-17-15(13-16)14-26(21(17)29)18-5-6-19(27)23-20(18)28/h3-4,13,18H,1-2,5-12,14,22H2,(H,23,27,28). The number of piperidine rings is 1. The number of fused-ring (bicyclic) bond motifs is 1. The number of nitrogens with zero attached hydrogens (tertiary/aromatic N) is 3. The van der Waals surface area contributed by atoms with Crippen LogP contribution < -0.4 is 16.0 Å². The van der Waals surface area contributed by atoms with E-state index in [1.807, 2.05) is 12.1 Å². The summed E-state index contributed by atoms with van der Waals surface area (Å²) in [5.41, 5.74) is 8.33. The molecule has 0 aliphatic carbocycles. The van der Waals surface area contributed by atoms with Gasteiger partial charge in [0.15, 0.2) is 0 Å². The maximum absolute atomic E-state index is 12.8. The van der Waals surface area contributed by atoms with Crippen molar-refractivity contribution in [1.82, 2.24) is 15.1 Å². The third-order valence-corrected chi connectivity index (χ3v) is 6.17. The van der Waals surface area contributed by atoms with Crippen molar-refractivity contribution < 1.29 is 14.4 Å². The molecule has 3 aliphatic rings. The lowest BCUT2D eigenvalue weighted by Crippen LogP contribution is -2.52. The summed E-state index contributed by atoms with van der Waals surface area (Å²) in [4.78, 5) is 42.8. The van der Waals surface area contributed by atoms with E-state index in [2.05, 4.69) is 21.2 Å². The first-order valence-electron chi connectivity index (χ1n) is 10.5. The zero-order chi connectivity index (χ0) is 20.4. The highest BCUT2D eigenvalue weighted by Gasteiger charge is 2.39. The van der Waals surface area contributed by atoms with Crippen molar-refractivity contribution in [2.24, 2.45) is 5.73 Å². The van der Waals surface area contributed by atoms with Gasteiger partial charge in [-0.1, -0.05) is 0 Å². The first kappa shape index (κ1) is 19.8. The minimum absolute atomic E-state index is 0.120. The van der Waals surface area contributed by atoms with Crippen molar-refractivity contribution in [3.05, 3.63) is 29.3 Å². The minimum Gasteiger partial charge on any atom is -0.369 e. The molecule has 0 saturated carbocycles. The van der Waals surface area contributed by atoms with Crippen molar-refractivity contribution in [2.75, 3.05) is 44.2 Å². The molecule has 0 radical (unpaired) electrons. The number of benzene rings is 1. The monoisotopic (exact) mass is 399 g/mol. The number of hydrogen-bond donors (Lipinski definition) is 2. The average molecular weight is 399 g/mol. The zero-order valence-corrected chi connectivity index (χ0v) is 16.7. The largest absolute Gasteiger partial charge is 0.369 e. The van der Waals surface area contributed by atoms with E-state index in [0.717, 1.165) is 63.4 Å². The molecule has 0 aromatic heterocycles. The number of hydrogen-bond acceptors (Lipinski definition) is 6. The molecule has 3 N–H and O–H groups in total. The van der Waals surface area contributed by atoms with Gasteiger partial charge in [-0.25, -0.2) is 0 Å². The van der Waals surface area contributed by atoms with Crippen molar-refractivity contribution in [2.45, 2.75) is 38.3 Å². The first-order chi connectivity index (χ1) is 14.1. The van der Waals surface area contributed by atoms with Gasteiger partial charge < -0.3 is 15.5 Å². The van der Waals surface area contributed by atoms with Gasteiger partial charge in [-0.05, 0) is 56.1 Å². The molecule has 3 aliphatic heterocycles. The molecule has 1 atom stereocenters. The third kappa shape index (κ3) is 4.13. The Morgan fingerprint density at radius 3 is 2.59 bits per heavy atom. The number of anilines is 1. The van der Waals surface area contributed by atoms with E-state index in [-0.39, 0.29) is 24.1 Å². The molecule has 1 unspecified atom stereocenters. The second-order valence-electron chi connectivity index (χ2n) is 8.07. The van der Waals surface area contributed by atoms with Gasteiger partial charge in [-0.15, -0.1) is 0 Å². The third-order valence-electron chi connectivity index (χ3n) is 6.17. The summed E-state index contributed by atoms with van der Waals surface area (Å²) in [5, 5.41) is 2.35. The molecule has 8 nitrogen and oxygen atoms in total. The second-order valence-corrected chi connectivity index (χ2v) is 8.07. The predicted octanol–water partition coefficient (Wildman–Crippen LogP) is 0.309. The Morgan fingerprint density at radius 1 is 1.07 bits per heavy atom. The molecule has 1 aromatic carbocycles. The topological polar surface area (TPSA) is 99.0 Å². The predicted molar refractivity (Wildman–Crippen MR) is 109 cm³/mol. The Bertz CT molecular complexity index is 804. The van der Waals surface area contributed by atoms with Crippen LogP contribution in [0, 0.1) is 0 Å². The lowest BCUT2D eigenvalue weighted by molar-refractivity contribution is -0.136.